The molecule has 15 heavy (non-hydrogen) atoms. The van der Waals surface area contributed by atoms with Crippen LogP contribution in [0.3, 0.4) is 0 Å². The van der Waals surface area contributed by atoms with Crippen LogP contribution in [0.5, 0.6) is 0 Å². The van der Waals surface area contributed by atoms with Crippen LogP contribution < -0.4 is 0 Å². The SMILES string of the molecule is BrCc1ccccc1Sc1ccccc1. The number of hydrogen-bond acceptors (Lipinski definition) is 1. The zero-order valence-electron chi connectivity index (χ0n) is 8.19. The molecule has 0 atom stereocenters. The Morgan fingerprint density at radius 2 is 1.53 bits per heavy atom. The number of hydrogen-bond donors (Lipinski definition) is 0. The van der Waals surface area contributed by atoms with Gasteiger partial charge in [0.25, 0.3) is 0 Å². The molecule has 0 aliphatic heterocycles. The van der Waals surface area contributed by atoms with Crippen LogP contribution in [0.1, 0.15) is 5.56 Å². The van der Waals surface area contributed by atoms with Crippen LogP contribution in [0, 0.1) is 0 Å². The Hall–Kier alpha value is -0.730. The minimum Gasteiger partial charge on any atom is -0.0898 e. The molecule has 0 aliphatic carbocycles. The van der Waals surface area contributed by atoms with E-state index in [4.69, 9.17) is 0 Å². The molecule has 0 nitrogen and oxygen atoms in total. The standard InChI is InChI=1S/C13H11BrS/c14-10-11-6-4-5-9-13(11)15-12-7-2-1-3-8-12/h1-9H,10H2. The van der Waals surface area contributed by atoms with Gasteiger partial charge in [0, 0.05) is 15.1 Å². The minimum absolute atomic E-state index is 0.906. The average molecular weight is 279 g/mol. The number of rotatable bonds is 3. The van der Waals surface area contributed by atoms with Gasteiger partial charge in [0.15, 0.2) is 0 Å². The molecule has 76 valence electrons. The lowest BCUT2D eigenvalue weighted by atomic mass is 10.2. The fourth-order valence-electron chi connectivity index (χ4n) is 1.33. The molecular weight excluding hydrogens is 268 g/mol. The molecule has 0 N–H and O–H groups in total. The number of halogens is 1. The normalized spacial score (nSPS) is 10.2. The summed E-state index contributed by atoms with van der Waals surface area (Å²) in [6.07, 6.45) is 0. The highest BCUT2D eigenvalue weighted by Crippen LogP contribution is 2.30. The summed E-state index contributed by atoms with van der Waals surface area (Å²) in [6.45, 7) is 0. The first-order valence-corrected chi connectivity index (χ1v) is 6.71. The topological polar surface area (TPSA) is 0 Å². The first kappa shape index (κ1) is 10.8. The van der Waals surface area contributed by atoms with Crippen molar-refractivity contribution in [3.05, 3.63) is 60.2 Å². The van der Waals surface area contributed by atoms with Gasteiger partial charge in [0.1, 0.15) is 0 Å². The van der Waals surface area contributed by atoms with Gasteiger partial charge < -0.3 is 0 Å². The Bertz CT molecular complexity index is 426. The van der Waals surface area contributed by atoms with Crippen LogP contribution >= 0.6 is 27.7 Å². The molecule has 0 amide bonds. The summed E-state index contributed by atoms with van der Waals surface area (Å²) < 4.78 is 0. The largest absolute Gasteiger partial charge is 0.0898 e. The second-order valence-corrected chi connectivity index (χ2v) is 4.83. The van der Waals surface area contributed by atoms with Gasteiger partial charge in [-0.05, 0) is 23.8 Å². The Morgan fingerprint density at radius 1 is 0.867 bits per heavy atom. The predicted molar refractivity (Wildman–Crippen MR) is 69.6 cm³/mol. The average Bonchev–Trinajstić information content (AvgIpc) is 2.31. The van der Waals surface area contributed by atoms with Gasteiger partial charge in [0.2, 0.25) is 0 Å². The highest BCUT2D eigenvalue weighted by atomic mass is 79.9. The smallest absolute Gasteiger partial charge is 0.0294 e. The van der Waals surface area contributed by atoms with Crippen molar-refractivity contribution in [2.24, 2.45) is 0 Å². The summed E-state index contributed by atoms with van der Waals surface area (Å²) in [5.41, 5.74) is 1.34. The highest BCUT2D eigenvalue weighted by molar-refractivity contribution is 9.08. The van der Waals surface area contributed by atoms with Crippen molar-refractivity contribution in [2.45, 2.75) is 15.1 Å². The van der Waals surface area contributed by atoms with Crippen LogP contribution in [0.25, 0.3) is 0 Å². The summed E-state index contributed by atoms with van der Waals surface area (Å²) in [7, 11) is 0. The van der Waals surface area contributed by atoms with Gasteiger partial charge in [0.05, 0.1) is 0 Å². The number of benzene rings is 2. The van der Waals surface area contributed by atoms with E-state index in [9.17, 15) is 0 Å². The number of alkyl halides is 1. The minimum atomic E-state index is 0.906. The predicted octanol–water partition coefficient (Wildman–Crippen LogP) is 4.73. The van der Waals surface area contributed by atoms with Gasteiger partial charge in [-0.15, -0.1) is 0 Å². The van der Waals surface area contributed by atoms with Crippen LogP contribution in [-0.4, -0.2) is 0 Å². The molecular formula is C13H11BrS. The maximum Gasteiger partial charge on any atom is 0.0294 e. The van der Waals surface area contributed by atoms with Crippen molar-refractivity contribution >= 4 is 27.7 Å². The lowest BCUT2D eigenvalue weighted by molar-refractivity contribution is 1.27. The Balaban J connectivity index is 2.24. The van der Waals surface area contributed by atoms with Gasteiger partial charge in [-0.2, -0.15) is 0 Å². The molecule has 0 saturated heterocycles. The van der Waals surface area contributed by atoms with Crippen LogP contribution in [0.2, 0.25) is 0 Å². The molecule has 0 heterocycles. The van der Waals surface area contributed by atoms with E-state index in [2.05, 4.69) is 64.5 Å². The summed E-state index contributed by atoms with van der Waals surface area (Å²) in [4.78, 5) is 2.60. The molecule has 0 saturated carbocycles. The summed E-state index contributed by atoms with van der Waals surface area (Å²) in [5, 5.41) is 0.906. The Morgan fingerprint density at radius 3 is 2.27 bits per heavy atom. The van der Waals surface area contributed by atoms with E-state index in [1.165, 1.54) is 15.4 Å². The second-order valence-electron chi connectivity index (χ2n) is 3.16. The van der Waals surface area contributed by atoms with E-state index in [1.807, 2.05) is 17.8 Å². The molecule has 0 fully saturated rings. The molecule has 0 aliphatic rings. The molecule has 0 spiro atoms. The Kier molecular flexibility index (Phi) is 3.87. The molecule has 0 unspecified atom stereocenters. The van der Waals surface area contributed by atoms with Gasteiger partial charge in [-0.1, -0.05) is 64.1 Å². The fourth-order valence-corrected chi connectivity index (χ4v) is 2.97. The van der Waals surface area contributed by atoms with Gasteiger partial charge in [-0.3, -0.25) is 0 Å². The summed E-state index contributed by atoms with van der Waals surface area (Å²) >= 11 is 5.32. The van der Waals surface area contributed by atoms with Crippen LogP contribution in [-0.2, 0) is 5.33 Å². The first-order valence-electron chi connectivity index (χ1n) is 4.77. The molecule has 0 radical (unpaired) electrons. The third-order valence-electron chi connectivity index (χ3n) is 2.09. The van der Waals surface area contributed by atoms with Crippen LogP contribution in [0.4, 0.5) is 0 Å². The maximum absolute atomic E-state index is 3.51. The van der Waals surface area contributed by atoms with Crippen molar-refractivity contribution in [1.82, 2.24) is 0 Å². The fraction of sp³-hybridized carbons (Fsp3) is 0.0769. The molecule has 0 aromatic heterocycles. The quantitative estimate of drug-likeness (QED) is 0.732. The van der Waals surface area contributed by atoms with E-state index in [0.717, 1.165) is 5.33 Å². The van der Waals surface area contributed by atoms with Crippen molar-refractivity contribution in [2.75, 3.05) is 0 Å². The lowest BCUT2D eigenvalue weighted by Crippen LogP contribution is -1.81. The second kappa shape index (κ2) is 5.38. The zero-order valence-corrected chi connectivity index (χ0v) is 10.6. The van der Waals surface area contributed by atoms with E-state index >= 15 is 0 Å². The van der Waals surface area contributed by atoms with E-state index in [0.29, 0.717) is 0 Å². The Labute approximate surface area is 103 Å². The van der Waals surface area contributed by atoms with Crippen molar-refractivity contribution in [3.8, 4) is 0 Å². The monoisotopic (exact) mass is 278 g/mol. The highest BCUT2D eigenvalue weighted by Gasteiger charge is 2.01. The van der Waals surface area contributed by atoms with Gasteiger partial charge in [-0.25, -0.2) is 0 Å². The third kappa shape index (κ3) is 2.86. The van der Waals surface area contributed by atoms with Crippen LogP contribution in [0.15, 0.2) is 64.4 Å². The van der Waals surface area contributed by atoms with E-state index in [1.54, 1.807) is 0 Å². The third-order valence-corrected chi connectivity index (χ3v) is 3.82. The molecule has 2 heteroatoms. The van der Waals surface area contributed by atoms with E-state index in [-0.39, 0.29) is 0 Å². The zero-order chi connectivity index (χ0) is 10.5. The lowest BCUT2D eigenvalue weighted by Gasteiger charge is -2.05. The molecule has 2 aromatic carbocycles. The first-order chi connectivity index (χ1) is 7.40. The van der Waals surface area contributed by atoms with Crippen molar-refractivity contribution in [3.63, 3.8) is 0 Å². The van der Waals surface area contributed by atoms with Crippen molar-refractivity contribution < 1.29 is 0 Å². The maximum atomic E-state index is 3.51. The molecule has 2 rings (SSSR count). The molecule has 2 aromatic rings. The van der Waals surface area contributed by atoms with Gasteiger partial charge >= 0.3 is 0 Å². The summed E-state index contributed by atoms with van der Waals surface area (Å²) in [6, 6.07) is 18.9. The van der Waals surface area contributed by atoms with Crippen molar-refractivity contribution in [1.29, 1.82) is 0 Å². The van der Waals surface area contributed by atoms with E-state index < -0.39 is 0 Å². The molecule has 0 bridgehead atoms. The summed E-state index contributed by atoms with van der Waals surface area (Å²) in [5.74, 6) is 0.